The van der Waals surface area contributed by atoms with E-state index in [-0.39, 0.29) is 0 Å². The van der Waals surface area contributed by atoms with Crippen LogP contribution in [0, 0.1) is 0 Å². The minimum Gasteiger partial charge on any atom is -0.311 e. The fraction of sp³-hybridized carbons (Fsp3) is 0.0769. The molecule has 0 aliphatic heterocycles. The van der Waals surface area contributed by atoms with Gasteiger partial charge in [0, 0.05) is 17.1 Å². The van der Waals surface area contributed by atoms with Gasteiger partial charge >= 0.3 is 0 Å². The molecule has 0 aromatic heterocycles. The van der Waals surface area contributed by atoms with Gasteiger partial charge in [0.15, 0.2) is 0 Å². The van der Waals surface area contributed by atoms with Gasteiger partial charge in [0.2, 0.25) is 0 Å². The first-order valence-electron chi connectivity index (χ1n) is 9.51. The highest BCUT2D eigenvalue weighted by Gasteiger charge is 2.18. The van der Waals surface area contributed by atoms with Crippen molar-refractivity contribution in [2.45, 2.75) is 12.8 Å². The summed E-state index contributed by atoms with van der Waals surface area (Å²) < 4.78 is 0. The Balaban J connectivity index is 1.56. The molecule has 4 aromatic carbocycles. The lowest BCUT2D eigenvalue weighted by Gasteiger charge is -2.26. The van der Waals surface area contributed by atoms with Gasteiger partial charge in [-0.15, -0.1) is 0 Å². The van der Waals surface area contributed by atoms with Crippen LogP contribution in [-0.4, -0.2) is 0 Å². The zero-order chi connectivity index (χ0) is 18.1. The van der Waals surface area contributed by atoms with Crippen LogP contribution in [0.2, 0.25) is 0 Å². The minimum absolute atomic E-state index is 1.17. The average molecular weight is 347 g/mol. The zero-order valence-corrected chi connectivity index (χ0v) is 15.2. The maximum Gasteiger partial charge on any atom is 0.0462 e. The van der Waals surface area contributed by atoms with Crippen molar-refractivity contribution in [2.75, 3.05) is 4.90 Å². The van der Waals surface area contributed by atoms with Gasteiger partial charge < -0.3 is 4.90 Å². The molecule has 0 radical (unpaired) electrons. The molecular formula is C26H21N. The summed E-state index contributed by atoms with van der Waals surface area (Å²) in [5.74, 6) is 0. The monoisotopic (exact) mass is 347 g/mol. The lowest BCUT2D eigenvalue weighted by atomic mass is 9.82. The number of aryl methyl sites for hydroxylation is 1. The van der Waals surface area contributed by atoms with Crippen molar-refractivity contribution in [1.29, 1.82) is 0 Å². The Bertz CT molecular complexity index is 1010. The van der Waals surface area contributed by atoms with E-state index < -0.39 is 0 Å². The summed E-state index contributed by atoms with van der Waals surface area (Å²) in [6, 6.07) is 36.7. The summed E-state index contributed by atoms with van der Waals surface area (Å²) in [6.45, 7) is 0. The van der Waals surface area contributed by atoms with Gasteiger partial charge in [-0.1, -0.05) is 66.7 Å². The van der Waals surface area contributed by atoms with Crippen LogP contribution in [0.25, 0.3) is 11.1 Å². The van der Waals surface area contributed by atoms with Gasteiger partial charge in [0.25, 0.3) is 0 Å². The van der Waals surface area contributed by atoms with E-state index in [4.69, 9.17) is 0 Å². The second kappa shape index (κ2) is 6.77. The molecule has 0 heterocycles. The lowest BCUT2D eigenvalue weighted by molar-refractivity contribution is 0.842. The average Bonchev–Trinajstić information content (AvgIpc) is 2.71. The van der Waals surface area contributed by atoms with Crippen LogP contribution in [-0.2, 0) is 12.8 Å². The molecule has 0 saturated heterocycles. The molecule has 0 bridgehead atoms. The highest BCUT2D eigenvalue weighted by Crippen LogP contribution is 2.37. The van der Waals surface area contributed by atoms with Gasteiger partial charge in [0.05, 0.1) is 0 Å². The highest BCUT2D eigenvalue weighted by atomic mass is 15.1. The standard InChI is InChI=1S/C26H21N/c1-3-9-22(10-4-1)27(23-11-5-2-6-12-23)24-17-14-21(15-18-24)25-13-7-8-20-16-19-26(20)25/h1-15,17-18H,16,19H2. The van der Waals surface area contributed by atoms with Crippen LogP contribution in [0.4, 0.5) is 17.1 Å². The number of rotatable bonds is 4. The molecule has 1 nitrogen and oxygen atoms in total. The zero-order valence-electron chi connectivity index (χ0n) is 15.2. The maximum absolute atomic E-state index is 2.30. The molecule has 5 rings (SSSR count). The molecule has 0 N–H and O–H groups in total. The number of hydrogen-bond donors (Lipinski definition) is 0. The fourth-order valence-corrected chi connectivity index (χ4v) is 3.91. The third-order valence-electron chi connectivity index (χ3n) is 5.38. The van der Waals surface area contributed by atoms with Crippen LogP contribution < -0.4 is 4.90 Å². The Kier molecular flexibility index (Phi) is 3.99. The summed E-state index contributed by atoms with van der Waals surface area (Å²) in [5.41, 5.74) is 9.22. The normalized spacial score (nSPS) is 12.1. The molecule has 1 heteroatoms. The topological polar surface area (TPSA) is 3.24 Å². The lowest BCUT2D eigenvalue weighted by Crippen LogP contribution is -2.10. The number of nitrogens with zero attached hydrogens (tertiary/aromatic N) is 1. The first kappa shape index (κ1) is 15.9. The van der Waals surface area contributed by atoms with Crippen molar-refractivity contribution < 1.29 is 0 Å². The third kappa shape index (κ3) is 2.92. The predicted molar refractivity (Wildman–Crippen MR) is 114 cm³/mol. The number of fused-ring (bicyclic) bond motifs is 1. The largest absolute Gasteiger partial charge is 0.311 e. The summed E-state index contributed by atoms with van der Waals surface area (Å²) in [7, 11) is 0. The first-order chi connectivity index (χ1) is 13.4. The van der Waals surface area contributed by atoms with E-state index in [2.05, 4.69) is 108 Å². The molecule has 0 unspecified atom stereocenters. The summed E-state index contributed by atoms with van der Waals surface area (Å²) >= 11 is 0. The van der Waals surface area contributed by atoms with E-state index in [1.54, 1.807) is 0 Å². The number of hydrogen-bond acceptors (Lipinski definition) is 1. The van der Waals surface area contributed by atoms with Crippen molar-refractivity contribution >= 4 is 17.1 Å². The van der Waals surface area contributed by atoms with Crippen molar-refractivity contribution in [1.82, 2.24) is 0 Å². The van der Waals surface area contributed by atoms with Crippen LogP contribution in [0.15, 0.2) is 103 Å². The summed E-state index contributed by atoms with van der Waals surface area (Å²) in [5, 5.41) is 0. The maximum atomic E-state index is 2.30. The first-order valence-corrected chi connectivity index (χ1v) is 9.51. The molecule has 1 aliphatic rings. The number of anilines is 3. The molecule has 1 aliphatic carbocycles. The van der Waals surface area contributed by atoms with Crippen molar-refractivity contribution in [3.8, 4) is 11.1 Å². The second-order valence-corrected chi connectivity index (χ2v) is 7.00. The van der Waals surface area contributed by atoms with E-state index in [1.165, 1.54) is 52.2 Å². The molecule has 0 amide bonds. The fourth-order valence-electron chi connectivity index (χ4n) is 3.91. The molecule has 0 fully saturated rings. The van der Waals surface area contributed by atoms with Crippen molar-refractivity contribution in [2.24, 2.45) is 0 Å². The van der Waals surface area contributed by atoms with Gasteiger partial charge in [-0.3, -0.25) is 0 Å². The Labute approximate surface area is 160 Å². The number of para-hydroxylation sites is 2. The Hall–Kier alpha value is -3.32. The highest BCUT2D eigenvalue weighted by molar-refractivity contribution is 5.79. The van der Waals surface area contributed by atoms with E-state index in [0.717, 1.165) is 0 Å². The van der Waals surface area contributed by atoms with Crippen LogP contribution in [0.5, 0.6) is 0 Å². The van der Waals surface area contributed by atoms with E-state index in [9.17, 15) is 0 Å². The molecule has 0 saturated carbocycles. The SMILES string of the molecule is c1ccc(N(c2ccccc2)c2ccc(-c3cccc4c3CC4)cc2)cc1. The molecule has 0 atom stereocenters. The summed E-state index contributed by atoms with van der Waals surface area (Å²) in [6.07, 6.45) is 2.42. The van der Waals surface area contributed by atoms with Gasteiger partial charge in [-0.25, -0.2) is 0 Å². The van der Waals surface area contributed by atoms with Gasteiger partial charge in [0.1, 0.15) is 0 Å². The predicted octanol–water partition coefficient (Wildman–Crippen LogP) is 6.92. The summed E-state index contributed by atoms with van der Waals surface area (Å²) in [4.78, 5) is 2.30. The second-order valence-electron chi connectivity index (χ2n) is 7.00. The van der Waals surface area contributed by atoms with Gasteiger partial charge in [-0.05, 0) is 71.5 Å². The van der Waals surface area contributed by atoms with Crippen molar-refractivity contribution in [3.05, 3.63) is 114 Å². The van der Waals surface area contributed by atoms with E-state index in [1.807, 2.05) is 0 Å². The van der Waals surface area contributed by atoms with Crippen LogP contribution in [0.3, 0.4) is 0 Å². The molecular weight excluding hydrogens is 326 g/mol. The van der Waals surface area contributed by atoms with E-state index >= 15 is 0 Å². The van der Waals surface area contributed by atoms with Crippen LogP contribution >= 0.6 is 0 Å². The Morgan fingerprint density at radius 1 is 0.481 bits per heavy atom. The van der Waals surface area contributed by atoms with Crippen LogP contribution in [0.1, 0.15) is 11.1 Å². The van der Waals surface area contributed by atoms with Crippen molar-refractivity contribution in [3.63, 3.8) is 0 Å². The van der Waals surface area contributed by atoms with E-state index in [0.29, 0.717) is 0 Å². The Morgan fingerprint density at radius 3 is 1.63 bits per heavy atom. The molecule has 27 heavy (non-hydrogen) atoms. The quantitative estimate of drug-likeness (QED) is 0.387. The smallest absolute Gasteiger partial charge is 0.0462 e. The molecule has 4 aromatic rings. The number of benzene rings is 4. The molecule has 0 spiro atoms. The molecule has 130 valence electrons. The minimum atomic E-state index is 1.17. The Morgan fingerprint density at radius 2 is 1.07 bits per heavy atom. The van der Waals surface area contributed by atoms with Gasteiger partial charge in [-0.2, -0.15) is 0 Å². The third-order valence-corrected chi connectivity index (χ3v) is 5.38.